The molecule has 0 fully saturated rings. The highest BCUT2D eigenvalue weighted by molar-refractivity contribution is 5.63. The molecule has 1 aromatic carbocycles. The fourth-order valence-corrected chi connectivity index (χ4v) is 2.27. The average molecular weight is 322 g/mol. The number of ether oxygens (including phenoxy) is 2. The van der Waals surface area contributed by atoms with Crippen molar-refractivity contribution in [3.8, 4) is 23.0 Å². The van der Waals surface area contributed by atoms with E-state index in [4.69, 9.17) is 9.47 Å². The summed E-state index contributed by atoms with van der Waals surface area (Å²) in [6.45, 7) is 1.92. The van der Waals surface area contributed by atoms with Crippen LogP contribution in [0.4, 0.5) is 11.5 Å². The Bertz CT molecular complexity index is 815. The van der Waals surface area contributed by atoms with Crippen LogP contribution in [0.15, 0.2) is 48.7 Å². The van der Waals surface area contributed by atoms with E-state index in [1.165, 1.54) is 0 Å². The van der Waals surface area contributed by atoms with Gasteiger partial charge in [0.15, 0.2) is 5.82 Å². The largest absolute Gasteiger partial charge is 0.497 e. The Hall–Kier alpha value is -3.15. The number of nitrogens with one attached hydrogen (secondary N) is 1. The Morgan fingerprint density at radius 2 is 1.67 bits per heavy atom. The molecule has 3 aromatic rings. The molecule has 24 heavy (non-hydrogen) atoms. The number of methoxy groups -OCH3 is 2. The molecule has 6 nitrogen and oxygen atoms in total. The van der Waals surface area contributed by atoms with Gasteiger partial charge in [0.1, 0.15) is 23.0 Å². The van der Waals surface area contributed by atoms with Crippen LogP contribution >= 0.6 is 0 Å². The zero-order valence-corrected chi connectivity index (χ0v) is 13.8. The van der Waals surface area contributed by atoms with Crippen LogP contribution in [0.2, 0.25) is 0 Å². The third-order valence-electron chi connectivity index (χ3n) is 3.37. The van der Waals surface area contributed by atoms with Gasteiger partial charge in [0, 0.05) is 41.8 Å². The Balaban J connectivity index is 1.95. The molecule has 0 unspecified atom stereocenters. The molecule has 0 atom stereocenters. The molecular formula is C18H18N4O2. The number of hydrogen-bond donors (Lipinski definition) is 1. The molecule has 0 amide bonds. The summed E-state index contributed by atoms with van der Waals surface area (Å²) < 4.78 is 10.6. The van der Waals surface area contributed by atoms with Crippen molar-refractivity contribution in [3.05, 3.63) is 54.4 Å². The van der Waals surface area contributed by atoms with Crippen LogP contribution in [0.1, 0.15) is 5.69 Å². The first-order valence-corrected chi connectivity index (χ1v) is 7.45. The van der Waals surface area contributed by atoms with E-state index in [-0.39, 0.29) is 0 Å². The smallest absolute Gasteiger partial charge is 0.180 e. The van der Waals surface area contributed by atoms with Crippen molar-refractivity contribution in [1.82, 2.24) is 15.0 Å². The van der Waals surface area contributed by atoms with E-state index in [1.807, 2.05) is 49.4 Å². The van der Waals surface area contributed by atoms with Crippen molar-refractivity contribution in [2.75, 3.05) is 19.5 Å². The average Bonchev–Trinajstić information content (AvgIpc) is 2.61. The molecular weight excluding hydrogens is 304 g/mol. The third kappa shape index (κ3) is 3.60. The fourth-order valence-electron chi connectivity index (χ4n) is 2.27. The number of anilines is 2. The van der Waals surface area contributed by atoms with Crippen LogP contribution in [0, 0.1) is 6.92 Å². The van der Waals surface area contributed by atoms with Crippen molar-refractivity contribution in [2.45, 2.75) is 6.92 Å². The minimum Gasteiger partial charge on any atom is -0.497 e. The lowest BCUT2D eigenvalue weighted by Crippen LogP contribution is -2.00. The first kappa shape index (κ1) is 15.7. The fraction of sp³-hybridized carbons (Fsp3) is 0.167. The van der Waals surface area contributed by atoms with Crippen molar-refractivity contribution >= 4 is 11.5 Å². The molecule has 6 heteroatoms. The number of nitrogens with zero attached hydrogens (tertiary/aromatic N) is 3. The maximum Gasteiger partial charge on any atom is 0.180 e. The molecule has 2 aromatic heterocycles. The number of aromatic nitrogens is 3. The molecule has 3 rings (SSSR count). The van der Waals surface area contributed by atoms with Crippen molar-refractivity contribution < 1.29 is 9.47 Å². The summed E-state index contributed by atoms with van der Waals surface area (Å²) in [5.74, 6) is 2.66. The predicted molar refractivity (Wildman–Crippen MR) is 92.8 cm³/mol. The van der Waals surface area contributed by atoms with Crippen molar-refractivity contribution in [1.29, 1.82) is 0 Å². The molecule has 0 aliphatic carbocycles. The summed E-state index contributed by atoms with van der Waals surface area (Å²) >= 11 is 0. The minimum atomic E-state index is 0.577. The van der Waals surface area contributed by atoms with Gasteiger partial charge < -0.3 is 14.8 Å². The van der Waals surface area contributed by atoms with Gasteiger partial charge in [-0.2, -0.15) is 0 Å². The van der Waals surface area contributed by atoms with E-state index in [9.17, 15) is 0 Å². The summed E-state index contributed by atoms with van der Waals surface area (Å²) in [6, 6.07) is 13.1. The molecule has 0 bridgehead atoms. The normalized spacial score (nSPS) is 10.3. The highest BCUT2D eigenvalue weighted by atomic mass is 16.5. The molecule has 0 saturated carbocycles. The summed E-state index contributed by atoms with van der Waals surface area (Å²) in [4.78, 5) is 13.3. The maximum atomic E-state index is 5.29. The number of benzene rings is 1. The van der Waals surface area contributed by atoms with E-state index in [0.717, 1.165) is 17.1 Å². The standard InChI is InChI=1S/C18H18N4O2/c1-12-8-17(22-18(20-12)16-6-4-5-7-19-16)21-13-9-14(23-2)11-15(10-13)24-3/h4-11H,1-3H3,(H,20,21,22). The van der Waals surface area contributed by atoms with Gasteiger partial charge in [-0.25, -0.2) is 9.97 Å². The second-order valence-electron chi connectivity index (χ2n) is 5.16. The molecule has 0 spiro atoms. The molecule has 1 N–H and O–H groups in total. The van der Waals surface area contributed by atoms with Crippen LogP contribution in [0.25, 0.3) is 11.5 Å². The third-order valence-corrected chi connectivity index (χ3v) is 3.37. The summed E-state index contributed by atoms with van der Waals surface area (Å²) in [5.41, 5.74) is 2.40. The molecule has 0 aliphatic heterocycles. The summed E-state index contributed by atoms with van der Waals surface area (Å²) in [7, 11) is 3.24. The van der Waals surface area contributed by atoms with Gasteiger partial charge >= 0.3 is 0 Å². The van der Waals surface area contributed by atoms with E-state index >= 15 is 0 Å². The van der Waals surface area contributed by atoms with Crippen LogP contribution in [-0.4, -0.2) is 29.2 Å². The SMILES string of the molecule is COc1cc(Nc2cc(C)nc(-c3ccccn3)n2)cc(OC)c1. The molecule has 2 heterocycles. The van der Waals surface area contributed by atoms with Crippen LogP contribution in [-0.2, 0) is 0 Å². The van der Waals surface area contributed by atoms with Crippen LogP contribution in [0.3, 0.4) is 0 Å². The van der Waals surface area contributed by atoms with E-state index < -0.39 is 0 Å². The molecule has 0 saturated heterocycles. The van der Waals surface area contributed by atoms with Gasteiger partial charge in [-0.1, -0.05) is 6.07 Å². The number of aryl methyl sites for hydroxylation is 1. The summed E-state index contributed by atoms with van der Waals surface area (Å²) in [5, 5.41) is 3.27. The number of pyridine rings is 1. The lowest BCUT2D eigenvalue weighted by Gasteiger charge is -2.11. The minimum absolute atomic E-state index is 0.577. The van der Waals surface area contributed by atoms with E-state index in [1.54, 1.807) is 20.4 Å². The van der Waals surface area contributed by atoms with Crippen LogP contribution in [0.5, 0.6) is 11.5 Å². The van der Waals surface area contributed by atoms with Gasteiger partial charge in [-0.3, -0.25) is 4.98 Å². The quantitative estimate of drug-likeness (QED) is 0.774. The number of hydrogen-bond acceptors (Lipinski definition) is 6. The molecule has 0 radical (unpaired) electrons. The molecule has 0 aliphatic rings. The van der Waals surface area contributed by atoms with Gasteiger partial charge in [-0.05, 0) is 19.1 Å². The Morgan fingerprint density at radius 1 is 0.917 bits per heavy atom. The van der Waals surface area contributed by atoms with E-state index in [2.05, 4.69) is 20.3 Å². The van der Waals surface area contributed by atoms with Crippen molar-refractivity contribution in [3.63, 3.8) is 0 Å². The van der Waals surface area contributed by atoms with Crippen molar-refractivity contribution in [2.24, 2.45) is 0 Å². The van der Waals surface area contributed by atoms with Gasteiger partial charge in [-0.15, -0.1) is 0 Å². The lowest BCUT2D eigenvalue weighted by atomic mass is 10.2. The zero-order chi connectivity index (χ0) is 16.9. The second kappa shape index (κ2) is 6.95. The predicted octanol–water partition coefficient (Wildman–Crippen LogP) is 3.61. The summed E-state index contributed by atoms with van der Waals surface area (Å²) in [6.07, 6.45) is 1.72. The van der Waals surface area contributed by atoms with Gasteiger partial charge in [0.05, 0.1) is 14.2 Å². The Kier molecular flexibility index (Phi) is 4.56. The molecule has 122 valence electrons. The topological polar surface area (TPSA) is 69.2 Å². The number of rotatable bonds is 5. The highest BCUT2D eigenvalue weighted by Gasteiger charge is 2.08. The maximum absolute atomic E-state index is 5.29. The van der Waals surface area contributed by atoms with E-state index in [0.29, 0.717) is 23.1 Å². The Morgan fingerprint density at radius 3 is 2.29 bits per heavy atom. The zero-order valence-electron chi connectivity index (χ0n) is 13.8. The first-order valence-electron chi connectivity index (χ1n) is 7.45. The first-order chi connectivity index (χ1) is 11.7. The van der Waals surface area contributed by atoms with Gasteiger partial charge in [0.2, 0.25) is 0 Å². The second-order valence-corrected chi connectivity index (χ2v) is 5.16. The Labute approximate surface area is 140 Å². The van der Waals surface area contributed by atoms with Crippen LogP contribution < -0.4 is 14.8 Å². The lowest BCUT2D eigenvalue weighted by molar-refractivity contribution is 0.395. The highest BCUT2D eigenvalue weighted by Crippen LogP contribution is 2.28. The van der Waals surface area contributed by atoms with Gasteiger partial charge in [0.25, 0.3) is 0 Å². The monoisotopic (exact) mass is 322 g/mol.